The summed E-state index contributed by atoms with van der Waals surface area (Å²) >= 11 is 7.20. The fraction of sp³-hybridized carbons (Fsp3) is 0.273. The SMILES string of the molecule is O=C(CSc1ncc(-c2ccc(Cl)cc2)[nH]1)Nc1ccc(S(=O)(=O)N2CCCCC2)cc1. The van der Waals surface area contributed by atoms with Gasteiger partial charge in [-0.25, -0.2) is 13.4 Å². The minimum Gasteiger partial charge on any atom is -0.333 e. The maximum absolute atomic E-state index is 12.7. The molecule has 3 aromatic rings. The summed E-state index contributed by atoms with van der Waals surface area (Å²) in [5.74, 6) is -0.0346. The number of nitrogens with zero attached hydrogens (tertiary/aromatic N) is 2. The molecule has 1 aromatic heterocycles. The minimum atomic E-state index is -3.48. The Morgan fingerprint density at radius 3 is 2.44 bits per heavy atom. The number of H-pyrrole nitrogens is 1. The van der Waals surface area contributed by atoms with E-state index in [1.807, 2.05) is 12.1 Å². The maximum Gasteiger partial charge on any atom is 0.243 e. The molecule has 0 aliphatic carbocycles. The highest BCUT2D eigenvalue weighted by Gasteiger charge is 2.25. The Bertz CT molecular complexity index is 1170. The molecule has 168 valence electrons. The molecule has 32 heavy (non-hydrogen) atoms. The number of carbonyl (C=O) groups excluding carboxylic acids is 1. The Morgan fingerprint density at radius 2 is 1.75 bits per heavy atom. The van der Waals surface area contributed by atoms with Gasteiger partial charge in [-0.05, 0) is 54.8 Å². The van der Waals surface area contributed by atoms with Gasteiger partial charge in [-0.1, -0.05) is 41.9 Å². The molecule has 7 nitrogen and oxygen atoms in total. The van der Waals surface area contributed by atoms with E-state index in [2.05, 4.69) is 15.3 Å². The average Bonchev–Trinajstić information content (AvgIpc) is 3.28. The number of hydrogen-bond acceptors (Lipinski definition) is 5. The Kier molecular flexibility index (Phi) is 7.20. The first-order chi connectivity index (χ1) is 15.4. The van der Waals surface area contributed by atoms with E-state index in [4.69, 9.17) is 11.6 Å². The molecule has 0 radical (unpaired) electrons. The van der Waals surface area contributed by atoms with Crippen LogP contribution in [0.25, 0.3) is 11.3 Å². The van der Waals surface area contributed by atoms with Crippen molar-refractivity contribution < 1.29 is 13.2 Å². The molecule has 0 bridgehead atoms. The van der Waals surface area contributed by atoms with E-state index >= 15 is 0 Å². The van der Waals surface area contributed by atoms with Crippen LogP contribution in [0.5, 0.6) is 0 Å². The number of anilines is 1. The van der Waals surface area contributed by atoms with Gasteiger partial charge in [0.05, 0.1) is 22.5 Å². The number of rotatable bonds is 7. The third-order valence-corrected chi connectivity index (χ3v) is 8.19. The summed E-state index contributed by atoms with van der Waals surface area (Å²) in [6.07, 6.45) is 4.56. The van der Waals surface area contributed by atoms with Crippen molar-refractivity contribution in [3.8, 4) is 11.3 Å². The molecule has 1 amide bonds. The monoisotopic (exact) mass is 490 g/mol. The van der Waals surface area contributed by atoms with E-state index in [-0.39, 0.29) is 16.6 Å². The summed E-state index contributed by atoms with van der Waals surface area (Å²) in [5, 5.41) is 4.09. The Labute approximate surface area is 196 Å². The molecular formula is C22H23ClN4O3S2. The predicted molar refractivity (Wildman–Crippen MR) is 127 cm³/mol. The number of hydrogen-bond donors (Lipinski definition) is 2. The van der Waals surface area contributed by atoms with Crippen molar-refractivity contribution in [2.75, 3.05) is 24.2 Å². The first-order valence-electron chi connectivity index (χ1n) is 10.3. The van der Waals surface area contributed by atoms with Crippen LogP contribution in [0, 0.1) is 0 Å². The number of thioether (sulfide) groups is 1. The highest BCUT2D eigenvalue weighted by atomic mass is 35.5. The molecule has 0 unspecified atom stereocenters. The minimum absolute atomic E-state index is 0.168. The van der Waals surface area contributed by atoms with E-state index in [0.29, 0.717) is 29.0 Å². The third-order valence-electron chi connectivity index (χ3n) is 5.14. The number of benzene rings is 2. The number of sulfonamides is 1. The molecule has 10 heteroatoms. The topological polar surface area (TPSA) is 95.2 Å². The van der Waals surface area contributed by atoms with E-state index in [9.17, 15) is 13.2 Å². The van der Waals surface area contributed by atoms with Crippen molar-refractivity contribution in [3.05, 3.63) is 59.8 Å². The van der Waals surface area contributed by atoms with Crippen LogP contribution in [0.2, 0.25) is 5.02 Å². The summed E-state index contributed by atoms with van der Waals surface area (Å²) in [7, 11) is -3.48. The number of carbonyl (C=O) groups is 1. The molecule has 1 saturated heterocycles. The summed E-state index contributed by atoms with van der Waals surface area (Å²) in [6, 6.07) is 13.7. The standard InChI is InChI=1S/C22H23ClN4O3S2/c23-17-6-4-16(5-7-17)20-14-24-22(26-20)31-15-21(28)25-18-8-10-19(11-9-18)32(29,30)27-12-2-1-3-13-27/h4-11,14H,1-3,12-13,15H2,(H,24,26)(H,25,28). The van der Waals surface area contributed by atoms with Crippen LogP contribution in [0.4, 0.5) is 5.69 Å². The fourth-order valence-electron chi connectivity index (χ4n) is 3.45. The van der Waals surface area contributed by atoms with Crippen molar-refractivity contribution in [2.45, 2.75) is 29.3 Å². The van der Waals surface area contributed by atoms with Gasteiger partial charge in [0.15, 0.2) is 5.16 Å². The van der Waals surface area contributed by atoms with Crippen molar-refractivity contribution in [2.24, 2.45) is 0 Å². The Balaban J connectivity index is 1.31. The van der Waals surface area contributed by atoms with Crippen molar-refractivity contribution in [1.82, 2.24) is 14.3 Å². The number of nitrogens with one attached hydrogen (secondary N) is 2. The van der Waals surface area contributed by atoms with Gasteiger partial charge in [-0.15, -0.1) is 0 Å². The molecule has 1 fully saturated rings. The zero-order valence-corrected chi connectivity index (χ0v) is 19.6. The van der Waals surface area contributed by atoms with Gasteiger partial charge in [-0.3, -0.25) is 4.79 Å². The van der Waals surface area contributed by atoms with Crippen LogP contribution in [-0.2, 0) is 14.8 Å². The highest BCUT2D eigenvalue weighted by Crippen LogP contribution is 2.24. The molecule has 1 aliphatic rings. The van der Waals surface area contributed by atoms with Crippen LogP contribution in [0.15, 0.2) is 64.8 Å². The van der Waals surface area contributed by atoms with Gasteiger partial charge in [0.1, 0.15) is 0 Å². The molecule has 0 atom stereocenters. The van der Waals surface area contributed by atoms with Crippen LogP contribution >= 0.6 is 23.4 Å². The van der Waals surface area contributed by atoms with Gasteiger partial charge >= 0.3 is 0 Å². The molecular weight excluding hydrogens is 468 g/mol. The number of amides is 1. The lowest BCUT2D eigenvalue weighted by atomic mass is 10.2. The number of aromatic amines is 1. The maximum atomic E-state index is 12.7. The first-order valence-corrected chi connectivity index (χ1v) is 13.1. The molecule has 2 heterocycles. The lowest BCUT2D eigenvalue weighted by Crippen LogP contribution is -2.35. The lowest BCUT2D eigenvalue weighted by molar-refractivity contribution is -0.113. The fourth-order valence-corrected chi connectivity index (χ4v) is 5.74. The quantitative estimate of drug-likeness (QED) is 0.470. The Hall–Kier alpha value is -2.33. The third kappa shape index (κ3) is 5.53. The van der Waals surface area contributed by atoms with Crippen LogP contribution in [0.3, 0.4) is 0 Å². The largest absolute Gasteiger partial charge is 0.333 e. The number of piperidine rings is 1. The van der Waals surface area contributed by atoms with Gasteiger partial charge in [0.25, 0.3) is 0 Å². The molecule has 1 aliphatic heterocycles. The first kappa shape index (κ1) is 22.8. The summed E-state index contributed by atoms with van der Waals surface area (Å²) in [6.45, 7) is 1.12. The number of imidazole rings is 1. The van der Waals surface area contributed by atoms with Crippen molar-refractivity contribution in [1.29, 1.82) is 0 Å². The second-order valence-electron chi connectivity index (χ2n) is 7.43. The lowest BCUT2D eigenvalue weighted by Gasteiger charge is -2.25. The number of aromatic nitrogens is 2. The number of halogens is 1. The van der Waals surface area contributed by atoms with Crippen LogP contribution in [0.1, 0.15) is 19.3 Å². The molecule has 2 aromatic carbocycles. The second-order valence-corrected chi connectivity index (χ2v) is 10.8. The Morgan fingerprint density at radius 1 is 1.06 bits per heavy atom. The van der Waals surface area contributed by atoms with Gasteiger partial charge in [0, 0.05) is 23.8 Å². The van der Waals surface area contributed by atoms with E-state index in [0.717, 1.165) is 30.5 Å². The van der Waals surface area contributed by atoms with Gasteiger partial charge in [0.2, 0.25) is 15.9 Å². The zero-order chi connectivity index (χ0) is 22.6. The highest BCUT2D eigenvalue weighted by molar-refractivity contribution is 7.99. The zero-order valence-electron chi connectivity index (χ0n) is 17.3. The molecule has 0 saturated carbocycles. The smallest absolute Gasteiger partial charge is 0.243 e. The second kappa shape index (κ2) is 10.1. The van der Waals surface area contributed by atoms with Crippen molar-refractivity contribution >= 4 is 45.0 Å². The average molecular weight is 491 g/mol. The summed E-state index contributed by atoms with van der Waals surface area (Å²) in [4.78, 5) is 20.0. The van der Waals surface area contributed by atoms with Crippen LogP contribution in [-0.4, -0.2) is 47.4 Å². The van der Waals surface area contributed by atoms with Crippen LogP contribution < -0.4 is 5.32 Å². The predicted octanol–water partition coefficient (Wildman–Crippen LogP) is 4.64. The van der Waals surface area contributed by atoms with E-state index in [1.54, 1.807) is 30.5 Å². The van der Waals surface area contributed by atoms with E-state index in [1.165, 1.54) is 28.2 Å². The van der Waals surface area contributed by atoms with Gasteiger partial charge < -0.3 is 10.3 Å². The van der Waals surface area contributed by atoms with Gasteiger partial charge in [-0.2, -0.15) is 4.31 Å². The molecule has 4 rings (SSSR count). The molecule has 0 spiro atoms. The normalized spacial score (nSPS) is 14.9. The molecule has 2 N–H and O–H groups in total. The van der Waals surface area contributed by atoms with E-state index < -0.39 is 10.0 Å². The van der Waals surface area contributed by atoms with Crippen molar-refractivity contribution in [3.63, 3.8) is 0 Å². The summed E-state index contributed by atoms with van der Waals surface area (Å²) in [5.41, 5.74) is 2.35. The summed E-state index contributed by atoms with van der Waals surface area (Å²) < 4.78 is 27.0.